The predicted molar refractivity (Wildman–Crippen MR) is 126 cm³/mol. The van der Waals surface area contributed by atoms with Crippen LogP contribution in [0.25, 0.3) is 21.9 Å². The van der Waals surface area contributed by atoms with Gasteiger partial charge >= 0.3 is 13.6 Å². The van der Waals surface area contributed by atoms with Crippen LogP contribution in [0, 0.1) is 5.92 Å². The van der Waals surface area contributed by atoms with Gasteiger partial charge in [0.05, 0.1) is 0 Å². The zero-order chi connectivity index (χ0) is 23.3. The van der Waals surface area contributed by atoms with Gasteiger partial charge in [0, 0.05) is 25.0 Å². The van der Waals surface area contributed by atoms with Gasteiger partial charge in [-0.15, -0.1) is 0 Å². The van der Waals surface area contributed by atoms with Crippen molar-refractivity contribution in [1.29, 1.82) is 0 Å². The smallest absolute Gasteiger partial charge is 0.346 e. The first-order valence-corrected chi connectivity index (χ1v) is 12.5. The Labute approximate surface area is 188 Å². The van der Waals surface area contributed by atoms with Crippen LogP contribution in [-0.4, -0.2) is 37.1 Å². The normalized spacial score (nSPS) is 14.3. The van der Waals surface area contributed by atoms with Crippen LogP contribution in [0.2, 0.25) is 0 Å². The molecule has 7 nitrogen and oxygen atoms in total. The summed E-state index contributed by atoms with van der Waals surface area (Å²) in [4.78, 5) is 12.1. The second kappa shape index (κ2) is 10.6. The molecule has 2 aromatic carbocycles. The predicted octanol–water partition coefficient (Wildman–Crippen LogP) is 5.81. The highest BCUT2D eigenvalue weighted by Gasteiger charge is 2.36. The maximum absolute atomic E-state index is 13.1. The Morgan fingerprint density at radius 1 is 1.06 bits per heavy atom. The fraction of sp³-hybridized carbons (Fsp3) is 0.458. The van der Waals surface area contributed by atoms with E-state index in [1.807, 2.05) is 42.5 Å². The van der Waals surface area contributed by atoms with Crippen molar-refractivity contribution in [1.82, 2.24) is 5.32 Å². The fourth-order valence-corrected chi connectivity index (χ4v) is 5.48. The molecule has 2 atom stereocenters. The van der Waals surface area contributed by atoms with Gasteiger partial charge in [0.2, 0.25) is 0 Å². The lowest BCUT2D eigenvalue weighted by Crippen LogP contribution is -2.45. The fourth-order valence-electron chi connectivity index (χ4n) is 3.96. The van der Waals surface area contributed by atoms with E-state index in [0.29, 0.717) is 17.9 Å². The number of furan rings is 1. The first kappa shape index (κ1) is 24.5. The number of para-hydroxylation sites is 1. The van der Waals surface area contributed by atoms with Crippen LogP contribution >= 0.6 is 7.60 Å². The Balaban J connectivity index is 1.83. The molecule has 1 aromatic heterocycles. The molecule has 0 fully saturated rings. The maximum Gasteiger partial charge on any atom is 0.346 e. The van der Waals surface area contributed by atoms with Crippen LogP contribution in [0.5, 0.6) is 0 Å². The molecule has 0 radical (unpaired) electrons. The summed E-state index contributed by atoms with van der Waals surface area (Å²) >= 11 is 0. The molecule has 0 saturated carbocycles. The Morgan fingerprint density at radius 2 is 1.75 bits per heavy atom. The van der Waals surface area contributed by atoms with Crippen molar-refractivity contribution in [3.05, 3.63) is 48.0 Å². The van der Waals surface area contributed by atoms with Gasteiger partial charge in [0.1, 0.15) is 23.0 Å². The Kier molecular flexibility index (Phi) is 8.12. The van der Waals surface area contributed by atoms with Crippen LogP contribution in [0.3, 0.4) is 0 Å². The van der Waals surface area contributed by atoms with Gasteiger partial charge in [-0.3, -0.25) is 14.7 Å². The van der Waals surface area contributed by atoms with Crippen LogP contribution in [0.15, 0.2) is 46.9 Å². The molecule has 0 bridgehead atoms. The lowest BCUT2D eigenvalue weighted by atomic mass is 10.0. The minimum Gasteiger partial charge on any atom is -0.480 e. The average Bonchev–Trinajstić information content (AvgIpc) is 3.14. The Hall–Kier alpha value is -2.18. The van der Waals surface area contributed by atoms with E-state index in [2.05, 4.69) is 19.2 Å². The number of hydrogen-bond donors (Lipinski definition) is 2. The molecule has 0 unspecified atom stereocenters. The van der Waals surface area contributed by atoms with Gasteiger partial charge in [-0.05, 0) is 36.5 Å². The molecule has 0 aliphatic rings. The number of benzene rings is 2. The first-order chi connectivity index (χ1) is 15.3. The SMILES string of the molecule is COP(=O)(OC)[C@@H](CCCC(C)C)N[C@@H](Cc1ccc2c(c1)oc1ccccc12)C(=O)O. The van der Waals surface area contributed by atoms with Gasteiger partial charge < -0.3 is 18.6 Å². The number of carboxylic acids is 1. The number of carbonyl (C=O) groups is 1. The summed E-state index contributed by atoms with van der Waals surface area (Å²) < 4.78 is 29.4. The summed E-state index contributed by atoms with van der Waals surface area (Å²) in [6, 6.07) is 12.5. The number of hydrogen-bond acceptors (Lipinski definition) is 6. The van der Waals surface area contributed by atoms with Crippen LogP contribution < -0.4 is 5.32 Å². The van der Waals surface area contributed by atoms with Crippen LogP contribution in [-0.2, 0) is 24.8 Å². The van der Waals surface area contributed by atoms with Gasteiger partial charge in [0.15, 0.2) is 0 Å². The van der Waals surface area contributed by atoms with E-state index in [1.54, 1.807) is 0 Å². The topological polar surface area (TPSA) is 98.0 Å². The van der Waals surface area contributed by atoms with Crippen molar-refractivity contribution in [2.75, 3.05) is 14.2 Å². The molecule has 0 aliphatic heterocycles. The molecule has 0 amide bonds. The molecular formula is C24H32NO6P. The lowest BCUT2D eigenvalue weighted by Gasteiger charge is -2.28. The zero-order valence-corrected chi connectivity index (χ0v) is 19.9. The maximum atomic E-state index is 13.1. The largest absolute Gasteiger partial charge is 0.480 e. The van der Waals surface area contributed by atoms with Crippen molar-refractivity contribution in [3.63, 3.8) is 0 Å². The second-order valence-corrected chi connectivity index (χ2v) is 10.9. The molecule has 3 aromatic rings. The molecular weight excluding hydrogens is 429 g/mol. The number of fused-ring (bicyclic) bond motifs is 3. The monoisotopic (exact) mass is 461 g/mol. The summed E-state index contributed by atoms with van der Waals surface area (Å²) in [5, 5.41) is 14.9. The molecule has 3 rings (SSSR count). The number of aliphatic carboxylic acids is 1. The van der Waals surface area contributed by atoms with Gasteiger partial charge in [-0.2, -0.15) is 0 Å². The molecule has 32 heavy (non-hydrogen) atoms. The molecule has 2 N–H and O–H groups in total. The highest BCUT2D eigenvalue weighted by molar-refractivity contribution is 7.54. The van der Waals surface area contributed by atoms with E-state index in [0.717, 1.165) is 34.8 Å². The standard InChI is InChI=1S/C24H32NO6P/c1-16(2)8-7-11-23(32(28,29-3)30-4)25-20(24(26)27)14-17-12-13-19-18-9-5-6-10-21(18)31-22(19)15-17/h5-6,9-10,12-13,15-16,20,23,25H,7-8,11,14H2,1-4H3,(H,26,27)/t20-,23-/m0/s1. The Bertz CT molecular complexity index is 1100. The quantitative estimate of drug-likeness (QED) is 0.329. The third kappa shape index (κ3) is 5.59. The van der Waals surface area contributed by atoms with Crippen molar-refractivity contribution in [3.8, 4) is 0 Å². The van der Waals surface area contributed by atoms with E-state index in [1.165, 1.54) is 14.2 Å². The van der Waals surface area contributed by atoms with Crippen LogP contribution in [0.1, 0.15) is 38.7 Å². The average molecular weight is 461 g/mol. The van der Waals surface area contributed by atoms with E-state index in [4.69, 9.17) is 13.5 Å². The molecule has 0 spiro atoms. The highest BCUT2D eigenvalue weighted by atomic mass is 31.2. The van der Waals surface area contributed by atoms with Crippen LogP contribution in [0.4, 0.5) is 0 Å². The number of rotatable bonds is 12. The van der Waals surface area contributed by atoms with Gasteiger partial charge in [-0.1, -0.05) is 57.0 Å². The summed E-state index contributed by atoms with van der Waals surface area (Å²) in [5.41, 5.74) is 2.31. The summed E-state index contributed by atoms with van der Waals surface area (Å²) in [7, 11) is -0.849. The third-order valence-electron chi connectivity index (χ3n) is 5.72. The highest BCUT2D eigenvalue weighted by Crippen LogP contribution is 2.52. The summed E-state index contributed by atoms with van der Waals surface area (Å²) in [6.45, 7) is 4.23. The minimum atomic E-state index is -3.50. The summed E-state index contributed by atoms with van der Waals surface area (Å²) in [6.07, 6.45) is 2.41. The zero-order valence-electron chi connectivity index (χ0n) is 19.0. The molecule has 8 heteroatoms. The second-order valence-electron chi connectivity index (χ2n) is 8.44. The van der Waals surface area contributed by atoms with E-state index < -0.39 is 25.4 Å². The van der Waals surface area contributed by atoms with Crippen molar-refractivity contribution >= 4 is 35.5 Å². The van der Waals surface area contributed by atoms with Crippen molar-refractivity contribution in [2.24, 2.45) is 5.92 Å². The van der Waals surface area contributed by atoms with E-state index in [-0.39, 0.29) is 6.42 Å². The van der Waals surface area contributed by atoms with E-state index in [9.17, 15) is 14.5 Å². The third-order valence-corrected chi connectivity index (χ3v) is 7.91. The molecule has 0 saturated heterocycles. The first-order valence-electron chi connectivity index (χ1n) is 10.9. The van der Waals surface area contributed by atoms with Crippen molar-refractivity contribution < 1.29 is 27.9 Å². The van der Waals surface area contributed by atoms with Gasteiger partial charge in [-0.25, -0.2) is 0 Å². The molecule has 174 valence electrons. The lowest BCUT2D eigenvalue weighted by molar-refractivity contribution is -0.139. The Morgan fingerprint density at radius 3 is 2.41 bits per heavy atom. The number of nitrogens with one attached hydrogen (secondary N) is 1. The summed E-state index contributed by atoms with van der Waals surface area (Å²) in [5.74, 6) is -1.25. The minimum absolute atomic E-state index is 0.205. The van der Waals surface area contributed by atoms with Crippen molar-refractivity contribution in [2.45, 2.75) is 51.4 Å². The number of carboxylic acid groups (broad SMARTS) is 1. The molecule has 0 aliphatic carbocycles. The molecule has 1 heterocycles. The van der Waals surface area contributed by atoms with E-state index >= 15 is 0 Å². The van der Waals surface area contributed by atoms with Gasteiger partial charge in [0.25, 0.3) is 0 Å².